The number of nitrogens with one attached hydrogen (secondary N) is 1. The summed E-state index contributed by atoms with van der Waals surface area (Å²) in [5, 5.41) is 12.0. The first kappa shape index (κ1) is 30.4. The summed E-state index contributed by atoms with van der Waals surface area (Å²) < 4.78 is 16.6. The van der Waals surface area contributed by atoms with Crippen molar-refractivity contribution in [2.24, 2.45) is 5.92 Å². The van der Waals surface area contributed by atoms with Crippen molar-refractivity contribution in [1.82, 2.24) is 10.3 Å². The number of amides is 1. The van der Waals surface area contributed by atoms with Gasteiger partial charge in [0.1, 0.15) is 11.4 Å². The third-order valence-electron chi connectivity index (χ3n) is 6.04. The predicted octanol–water partition coefficient (Wildman–Crippen LogP) is 6.80. The summed E-state index contributed by atoms with van der Waals surface area (Å²) in [6.07, 6.45) is -0.811. The fourth-order valence-electron chi connectivity index (χ4n) is 4.27. The molecule has 3 aromatic rings. The molecule has 0 aliphatic heterocycles. The first-order chi connectivity index (χ1) is 18.7. The van der Waals surface area contributed by atoms with Crippen molar-refractivity contribution in [2.45, 2.75) is 80.1 Å². The Bertz CT molecular complexity index is 1380. The van der Waals surface area contributed by atoms with Crippen LogP contribution in [0.25, 0.3) is 11.1 Å². The second-order valence-corrected chi connectivity index (χ2v) is 11.2. The highest BCUT2D eigenvalue weighted by atomic mass is 16.6. The molecule has 1 atom stereocenters. The summed E-state index contributed by atoms with van der Waals surface area (Å²) in [6.45, 7) is 14.9. The summed E-state index contributed by atoms with van der Waals surface area (Å²) in [5.41, 5.74) is 3.96. The molecule has 3 rings (SSSR count). The molecule has 40 heavy (non-hydrogen) atoms. The molecule has 2 heterocycles. The molecule has 0 radical (unpaired) electrons. The monoisotopic (exact) mass is 550 g/mol. The van der Waals surface area contributed by atoms with Crippen LogP contribution < -0.4 is 5.32 Å². The molecule has 9 heteroatoms. The number of aromatic nitrogens is 1. The minimum Gasteiger partial charge on any atom is -0.475 e. The zero-order valence-corrected chi connectivity index (χ0v) is 24.4. The lowest BCUT2D eigenvalue weighted by molar-refractivity contribution is 0.0286. The standard InChI is InChI=1S/C31H38N2O7/c1-17(2)15-23-22(16-32-30(37)40-31(6,7)8)27(21-11-9-18(3)10-12-21)26(19(4)33-23)29(36)38-20(5)24-13-14-25(39-24)28(34)35/h9-14,17,20H,15-16H2,1-8H3,(H,32,37)(H,34,35). The van der Waals surface area contributed by atoms with E-state index < -0.39 is 29.7 Å². The Morgan fingerprint density at radius 2 is 1.68 bits per heavy atom. The number of aryl methyl sites for hydroxylation is 2. The van der Waals surface area contributed by atoms with Crippen molar-refractivity contribution in [3.63, 3.8) is 0 Å². The fourth-order valence-corrected chi connectivity index (χ4v) is 4.27. The summed E-state index contributed by atoms with van der Waals surface area (Å²) in [6, 6.07) is 10.5. The molecule has 0 saturated carbocycles. The van der Waals surface area contributed by atoms with Gasteiger partial charge in [-0.1, -0.05) is 43.7 Å². The molecule has 0 bridgehead atoms. The Labute approximate surface area is 234 Å². The van der Waals surface area contributed by atoms with Gasteiger partial charge in [-0.2, -0.15) is 0 Å². The Kier molecular flexibility index (Phi) is 9.40. The fraction of sp³-hybridized carbons (Fsp3) is 0.419. The van der Waals surface area contributed by atoms with Crippen molar-refractivity contribution in [1.29, 1.82) is 0 Å². The molecule has 0 fully saturated rings. The van der Waals surface area contributed by atoms with Crippen LogP contribution in [0.15, 0.2) is 40.8 Å². The molecular weight excluding hydrogens is 512 g/mol. The molecule has 1 amide bonds. The van der Waals surface area contributed by atoms with Crippen LogP contribution in [-0.4, -0.2) is 33.7 Å². The van der Waals surface area contributed by atoms with Crippen LogP contribution in [0.5, 0.6) is 0 Å². The summed E-state index contributed by atoms with van der Waals surface area (Å²) >= 11 is 0. The number of ether oxygens (including phenoxy) is 2. The lowest BCUT2D eigenvalue weighted by Crippen LogP contribution is -2.33. The van der Waals surface area contributed by atoms with E-state index in [1.165, 1.54) is 12.1 Å². The average molecular weight is 551 g/mol. The summed E-state index contributed by atoms with van der Waals surface area (Å²) in [4.78, 5) is 42.4. The molecule has 2 N–H and O–H groups in total. The number of alkyl carbamates (subject to hydrolysis) is 1. The smallest absolute Gasteiger partial charge is 0.407 e. The van der Waals surface area contributed by atoms with E-state index in [4.69, 9.17) is 18.9 Å². The number of carboxylic acids is 1. The highest BCUT2D eigenvalue weighted by molar-refractivity contribution is 5.99. The van der Waals surface area contributed by atoms with E-state index in [0.29, 0.717) is 23.2 Å². The first-order valence-electron chi connectivity index (χ1n) is 13.3. The number of pyridine rings is 1. The number of esters is 1. The molecule has 214 valence electrons. The number of carbonyl (C=O) groups is 3. The van der Waals surface area contributed by atoms with Crippen molar-refractivity contribution in [3.8, 4) is 11.1 Å². The normalized spacial score (nSPS) is 12.2. The minimum absolute atomic E-state index is 0.0868. The van der Waals surface area contributed by atoms with Gasteiger partial charge in [-0.3, -0.25) is 4.98 Å². The van der Waals surface area contributed by atoms with E-state index in [2.05, 4.69) is 19.2 Å². The van der Waals surface area contributed by atoms with Crippen molar-refractivity contribution in [2.75, 3.05) is 0 Å². The van der Waals surface area contributed by atoms with E-state index in [-0.39, 0.29) is 29.5 Å². The highest BCUT2D eigenvalue weighted by Crippen LogP contribution is 2.34. The maximum absolute atomic E-state index is 13.7. The average Bonchev–Trinajstić information content (AvgIpc) is 3.33. The lowest BCUT2D eigenvalue weighted by Gasteiger charge is -2.23. The van der Waals surface area contributed by atoms with Gasteiger partial charge in [0.05, 0.1) is 11.3 Å². The lowest BCUT2D eigenvalue weighted by atomic mass is 9.89. The van der Waals surface area contributed by atoms with Crippen LogP contribution in [-0.2, 0) is 22.4 Å². The SMILES string of the molecule is Cc1ccc(-c2c(CNC(=O)OC(C)(C)C)c(CC(C)C)nc(C)c2C(=O)OC(C)c2ccc(C(=O)O)o2)cc1. The maximum atomic E-state index is 13.7. The van der Waals surface area contributed by atoms with Gasteiger partial charge in [-0.15, -0.1) is 0 Å². The molecule has 1 aromatic carbocycles. The van der Waals surface area contributed by atoms with Gasteiger partial charge >= 0.3 is 18.0 Å². The van der Waals surface area contributed by atoms with E-state index in [0.717, 1.165) is 16.8 Å². The van der Waals surface area contributed by atoms with E-state index in [9.17, 15) is 19.5 Å². The number of hydrogen-bond donors (Lipinski definition) is 2. The van der Waals surface area contributed by atoms with E-state index >= 15 is 0 Å². The second kappa shape index (κ2) is 12.4. The summed E-state index contributed by atoms with van der Waals surface area (Å²) in [5.74, 6) is -1.63. The first-order valence-corrected chi connectivity index (χ1v) is 13.3. The number of hydrogen-bond acceptors (Lipinski definition) is 7. The Morgan fingerprint density at radius 3 is 2.23 bits per heavy atom. The third-order valence-corrected chi connectivity index (χ3v) is 6.04. The number of aromatic carboxylic acids is 1. The number of rotatable bonds is 9. The number of carbonyl (C=O) groups excluding carboxylic acids is 2. The number of carboxylic acid groups (broad SMARTS) is 1. The third kappa shape index (κ3) is 7.71. The second-order valence-electron chi connectivity index (χ2n) is 11.2. The largest absolute Gasteiger partial charge is 0.475 e. The maximum Gasteiger partial charge on any atom is 0.407 e. The molecule has 1 unspecified atom stereocenters. The summed E-state index contributed by atoms with van der Waals surface area (Å²) in [7, 11) is 0. The van der Waals surface area contributed by atoms with Gasteiger partial charge in [0.2, 0.25) is 5.76 Å². The van der Waals surface area contributed by atoms with Crippen LogP contribution in [0, 0.1) is 19.8 Å². The zero-order valence-electron chi connectivity index (χ0n) is 24.4. The van der Waals surface area contributed by atoms with Gasteiger partial charge in [0.15, 0.2) is 6.10 Å². The van der Waals surface area contributed by atoms with Crippen LogP contribution >= 0.6 is 0 Å². The number of furan rings is 1. The molecule has 0 spiro atoms. The number of nitrogens with zero attached hydrogens (tertiary/aromatic N) is 1. The van der Waals surface area contributed by atoms with Crippen molar-refractivity contribution >= 4 is 18.0 Å². The zero-order chi connectivity index (χ0) is 29.8. The van der Waals surface area contributed by atoms with Crippen LogP contribution in [0.1, 0.15) is 96.8 Å². The molecule has 2 aromatic heterocycles. The Morgan fingerprint density at radius 1 is 1.02 bits per heavy atom. The molecule has 9 nitrogen and oxygen atoms in total. The van der Waals surface area contributed by atoms with Crippen LogP contribution in [0.4, 0.5) is 4.79 Å². The van der Waals surface area contributed by atoms with Crippen molar-refractivity contribution in [3.05, 3.63) is 76.0 Å². The van der Waals surface area contributed by atoms with Gasteiger partial charge in [0.25, 0.3) is 0 Å². The minimum atomic E-state index is -1.21. The Balaban J connectivity index is 2.12. The van der Waals surface area contributed by atoms with E-state index in [1.807, 2.05) is 31.2 Å². The van der Waals surface area contributed by atoms with Gasteiger partial charge < -0.3 is 24.3 Å². The van der Waals surface area contributed by atoms with Crippen LogP contribution in [0.3, 0.4) is 0 Å². The molecule has 0 saturated heterocycles. The topological polar surface area (TPSA) is 128 Å². The molecule has 0 aliphatic rings. The van der Waals surface area contributed by atoms with Gasteiger partial charge in [0, 0.05) is 23.4 Å². The quantitative estimate of drug-likeness (QED) is 0.279. The molecule has 0 aliphatic carbocycles. The van der Waals surface area contributed by atoms with Gasteiger partial charge in [-0.05, 0) is 71.6 Å². The predicted molar refractivity (Wildman–Crippen MR) is 150 cm³/mol. The number of benzene rings is 1. The van der Waals surface area contributed by atoms with Crippen LogP contribution in [0.2, 0.25) is 0 Å². The van der Waals surface area contributed by atoms with Gasteiger partial charge in [-0.25, -0.2) is 14.4 Å². The van der Waals surface area contributed by atoms with Crippen molar-refractivity contribution < 1.29 is 33.4 Å². The Hall–Kier alpha value is -4.14. The van der Waals surface area contributed by atoms with E-state index in [1.54, 1.807) is 34.6 Å². The highest BCUT2D eigenvalue weighted by Gasteiger charge is 2.28. The molecular formula is C31H38N2O7.